The van der Waals surface area contributed by atoms with Gasteiger partial charge in [0.1, 0.15) is 18.0 Å². The largest absolute Gasteiger partial charge is 0.472 e. The first-order valence-corrected chi connectivity index (χ1v) is 12.1. The fourth-order valence-electron chi connectivity index (χ4n) is 4.68. The third kappa shape index (κ3) is 5.71. The number of carbonyl (C=O) groups is 1. The number of aliphatic hydroxyl groups excluding tert-OH is 1. The van der Waals surface area contributed by atoms with Gasteiger partial charge < -0.3 is 24.4 Å². The molecule has 2 aromatic rings. The Morgan fingerprint density at radius 3 is 2.62 bits per heavy atom. The second-order valence-corrected chi connectivity index (χ2v) is 9.60. The van der Waals surface area contributed by atoms with E-state index in [1.807, 2.05) is 6.92 Å². The van der Waals surface area contributed by atoms with Crippen molar-refractivity contribution < 1.29 is 19.4 Å². The Morgan fingerprint density at radius 1 is 1.18 bits per heavy atom. The number of pyridine rings is 1. The normalized spacial score (nSPS) is 22.6. The Bertz CT molecular complexity index is 954. The molecule has 2 aliphatic heterocycles. The highest BCUT2D eigenvalue weighted by Crippen LogP contribution is 2.30. The van der Waals surface area contributed by atoms with Crippen molar-refractivity contribution in [3.8, 4) is 17.0 Å². The quantitative estimate of drug-likeness (QED) is 0.658. The zero-order valence-electron chi connectivity index (χ0n) is 20.3. The lowest BCUT2D eigenvalue weighted by Crippen LogP contribution is -2.50. The Balaban J connectivity index is 1.61. The Kier molecular flexibility index (Phi) is 8.07. The number of nitrogens with zero attached hydrogens (tertiary/aromatic N) is 5. The fourth-order valence-corrected chi connectivity index (χ4v) is 4.68. The van der Waals surface area contributed by atoms with E-state index in [4.69, 9.17) is 9.47 Å². The summed E-state index contributed by atoms with van der Waals surface area (Å²) in [5.74, 6) is 0.823. The van der Waals surface area contributed by atoms with Gasteiger partial charge in [-0.1, -0.05) is 6.92 Å². The molecule has 0 aromatic carbocycles. The molecule has 9 nitrogen and oxygen atoms in total. The molecule has 1 saturated heterocycles. The first kappa shape index (κ1) is 24.5. The summed E-state index contributed by atoms with van der Waals surface area (Å²) in [6.07, 6.45) is 8.55. The molecule has 34 heavy (non-hydrogen) atoms. The van der Waals surface area contributed by atoms with Gasteiger partial charge in [-0.25, -0.2) is 15.0 Å². The van der Waals surface area contributed by atoms with Crippen molar-refractivity contribution in [1.82, 2.24) is 24.8 Å². The molecule has 2 aromatic heterocycles. The highest BCUT2D eigenvalue weighted by atomic mass is 16.5. The summed E-state index contributed by atoms with van der Waals surface area (Å²) in [4.78, 5) is 30.3. The number of fused-ring (bicyclic) bond motifs is 1. The van der Waals surface area contributed by atoms with Crippen molar-refractivity contribution in [1.29, 1.82) is 0 Å². The number of ether oxygens (including phenoxy) is 2. The average Bonchev–Trinajstić information content (AvgIpc) is 2.86. The molecule has 0 aliphatic carbocycles. The lowest BCUT2D eigenvalue weighted by atomic mass is 9.97. The molecule has 0 radical (unpaired) electrons. The van der Waals surface area contributed by atoms with Crippen molar-refractivity contribution >= 4 is 5.91 Å². The Morgan fingerprint density at radius 2 is 1.91 bits per heavy atom. The summed E-state index contributed by atoms with van der Waals surface area (Å²) >= 11 is 0. The van der Waals surface area contributed by atoms with E-state index in [-0.39, 0.29) is 30.6 Å². The predicted octanol–water partition coefficient (Wildman–Crippen LogP) is 2.12. The summed E-state index contributed by atoms with van der Waals surface area (Å²) in [5, 5.41) is 9.85. The molecular weight excluding hydrogens is 434 g/mol. The Labute approximate surface area is 201 Å². The van der Waals surface area contributed by atoms with Crippen LogP contribution >= 0.6 is 0 Å². The highest BCUT2D eigenvalue weighted by molar-refractivity contribution is 5.98. The monoisotopic (exact) mass is 469 g/mol. The van der Waals surface area contributed by atoms with Gasteiger partial charge in [0.05, 0.1) is 12.6 Å². The van der Waals surface area contributed by atoms with Crippen LogP contribution in [-0.4, -0.2) is 94.4 Å². The van der Waals surface area contributed by atoms with Crippen LogP contribution in [0.5, 0.6) is 5.88 Å². The van der Waals surface area contributed by atoms with Crippen LogP contribution in [0, 0.1) is 11.8 Å². The number of likely N-dealkylation sites (N-methyl/N-ethyl adjacent to an activating group) is 1. The van der Waals surface area contributed by atoms with Gasteiger partial charge in [-0.05, 0) is 38.8 Å². The molecule has 0 spiro atoms. The Hall–Kier alpha value is -2.62. The van der Waals surface area contributed by atoms with E-state index >= 15 is 0 Å². The van der Waals surface area contributed by atoms with Crippen molar-refractivity contribution in [2.45, 2.75) is 38.8 Å². The van der Waals surface area contributed by atoms with Crippen molar-refractivity contribution in [3.63, 3.8) is 0 Å². The van der Waals surface area contributed by atoms with Gasteiger partial charge >= 0.3 is 0 Å². The second kappa shape index (κ2) is 11.2. The molecule has 1 amide bonds. The van der Waals surface area contributed by atoms with E-state index in [9.17, 15) is 9.90 Å². The van der Waals surface area contributed by atoms with Crippen molar-refractivity contribution in [2.75, 3.05) is 46.5 Å². The van der Waals surface area contributed by atoms with Gasteiger partial charge in [-0.3, -0.25) is 4.79 Å². The molecule has 0 unspecified atom stereocenters. The molecule has 9 heteroatoms. The molecule has 4 heterocycles. The summed E-state index contributed by atoms with van der Waals surface area (Å²) in [7, 11) is 2.12. The zero-order chi connectivity index (χ0) is 24.1. The van der Waals surface area contributed by atoms with Gasteiger partial charge in [0, 0.05) is 68.5 Å². The number of hydrogen-bond donors (Lipinski definition) is 1. The minimum absolute atomic E-state index is 0.0623. The predicted molar refractivity (Wildman–Crippen MR) is 127 cm³/mol. The molecule has 0 bridgehead atoms. The van der Waals surface area contributed by atoms with Gasteiger partial charge in [0.15, 0.2) is 0 Å². The molecule has 0 saturated carbocycles. The van der Waals surface area contributed by atoms with E-state index in [1.54, 1.807) is 29.6 Å². The first-order chi connectivity index (χ1) is 16.5. The van der Waals surface area contributed by atoms with E-state index in [0.717, 1.165) is 50.3 Å². The maximum atomic E-state index is 13.6. The van der Waals surface area contributed by atoms with E-state index in [2.05, 4.69) is 33.8 Å². The lowest BCUT2D eigenvalue weighted by molar-refractivity contribution is 0.0254. The molecular formula is C25H35N5O4. The average molecular weight is 470 g/mol. The third-order valence-corrected chi connectivity index (χ3v) is 6.82. The van der Waals surface area contributed by atoms with Crippen molar-refractivity contribution in [3.05, 3.63) is 36.5 Å². The molecule has 4 rings (SSSR count). The molecule has 1 fully saturated rings. The van der Waals surface area contributed by atoms with Crippen LogP contribution in [0.2, 0.25) is 0 Å². The number of hydrogen-bond acceptors (Lipinski definition) is 8. The molecule has 1 N–H and O–H groups in total. The molecule has 3 atom stereocenters. The first-order valence-electron chi connectivity index (χ1n) is 12.1. The van der Waals surface area contributed by atoms with Crippen LogP contribution in [0.1, 0.15) is 37.0 Å². The van der Waals surface area contributed by atoms with Crippen LogP contribution in [-0.2, 0) is 4.74 Å². The third-order valence-electron chi connectivity index (χ3n) is 6.82. The fraction of sp³-hybridized carbons (Fsp3) is 0.600. The van der Waals surface area contributed by atoms with Gasteiger partial charge in [-0.2, -0.15) is 0 Å². The van der Waals surface area contributed by atoms with Crippen LogP contribution in [0.15, 0.2) is 31.0 Å². The van der Waals surface area contributed by atoms with Gasteiger partial charge in [0.2, 0.25) is 5.88 Å². The highest BCUT2D eigenvalue weighted by Gasteiger charge is 2.34. The van der Waals surface area contributed by atoms with Crippen LogP contribution < -0.4 is 4.74 Å². The molecule has 184 valence electrons. The van der Waals surface area contributed by atoms with E-state index in [0.29, 0.717) is 23.9 Å². The van der Waals surface area contributed by atoms with E-state index in [1.165, 1.54) is 6.33 Å². The number of aromatic nitrogens is 3. The van der Waals surface area contributed by atoms with Crippen molar-refractivity contribution in [2.24, 2.45) is 11.8 Å². The lowest BCUT2D eigenvalue weighted by Gasteiger charge is -2.38. The maximum Gasteiger partial charge on any atom is 0.259 e. The SMILES string of the molecule is C[C@H]1CN([C@@H](C)CO)C(=O)c2cc(-c3cncnc3)cnc2O[C@H]1CN(C)CC1CCOCC1. The number of aliphatic hydroxyl groups is 1. The van der Waals surface area contributed by atoms with Crippen LogP contribution in [0.3, 0.4) is 0 Å². The summed E-state index contributed by atoms with van der Waals surface area (Å²) in [5.41, 5.74) is 1.91. The zero-order valence-corrected chi connectivity index (χ0v) is 20.3. The van der Waals surface area contributed by atoms with Gasteiger partial charge in [0.25, 0.3) is 5.91 Å². The second-order valence-electron chi connectivity index (χ2n) is 9.60. The summed E-state index contributed by atoms with van der Waals surface area (Å²) in [6.45, 7) is 7.72. The number of amides is 1. The molecule has 2 aliphatic rings. The minimum atomic E-state index is -0.315. The summed E-state index contributed by atoms with van der Waals surface area (Å²) < 4.78 is 11.9. The van der Waals surface area contributed by atoms with Crippen LogP contribution in [0.25, 0.3) is 11.1 Å². The van der Waals surface area contributed by atoms with Gasteiger partial charge in [-0.15, -0.1) is 0 Å². The summed E-state index contributed by atoms with van der Waals surface area (Å²) in [6, 6.07) is 1.48. The standard InChI is InChI=1S/C25H35N5O4/c1-17-12-30(18(2)15-31)25(32)22-8-20(21-9-26-16-27-10-21)11-28-24(22)34-23(17)14-29(3)13-19-4-6-33-7-5-19/h8-11,16-19,23,31H,4-7,12-15H2,1-3H3/t17-,18-,23-/m0/s1. The maximum absolute atomic E-state index is 13.6. The minimum Gasteiger partial charge on any atom is -0.472 e. The van der Waals surface area contributed by atoms with Crippen LogP contribution in [0.4, 0.5) is 0 Å². The van der Waals surface area contributed by atoms with E-state index < -0.39 is 0 Å². The topological polar surface area (TPSA) is 101 Å². The number of rotatable bonds is 7. The smallest absolute Gasteiger partial charge is 0.259 e. The number of carbonyl (C=O) groups excluding carboxylic acids is 1.